The Kier molecular flexibility index (Phi) is 6.79. The highest BCUT2D eigenvalue weighted by molar-refractivity contribution is 7.99. The number of hydrogen-bond acceptors (Lipinski definition) is 9. The molecule has 166 valence electrons. The van der Waals surface area contributed by atoms with Gasteiger partial charge in [-0.1, -0.05) is 51.5 Å². The fourth-order valence-corrected chi connectivity index (χ4v) is 5.16. The van der Waals surface area contributed by atoms with Crippen LogP contribution in [0.4, 0.5) is 8.78 Å². The van der Waals surface area contributed by atoms with Crippen molar-refractivity contribution < 1.29 is 28.8 Å². The lowest BCUT2D eigenvalue weighted by molar-refractivity contribution is -0.178. The number of hydrogen-bond donors (Lipinski definition) is 3. The highest BCUT2D eigenvalue weighted by Gasteiger charge is 2.46. The number of aromatic nitrogens is 4. The van der Waals surface area contributed by atoms with Crippen LogP contribution >= 0.6 is 46.3 Å². The number of thiazole rings is 1. The van der Waals surface area contributed by atoms with Crippen LogP contribution in [0, 0.1) is 11.1 Å². The first-order valence-electron chi connectivity index (χ1n) is 8.76. The van der Waals surface area contributed by atoms with E-state index in [2.05, 4.69) is 15.3 Å². The standard InChI is InChI=1S/C17H14Cl2F2N4O4S2/c18-7-2-1-6(3-8(7)19)30-17-13(28)11(12(27)10(5-26)29-17)25-4-9(23-24-25)16-22-14(20)15(21)31-16/h1-4,10-13,17,26-28H,5H2/t10?,11?,12-,13?,17+/m0/s1. The van der Waals surface area contributed by atoms with E-state index in [-0.39, 0.29) is 10.7 Å². The third kappa shape index (κ3) is 4.57. The minimum Gasteiger partial charge on any atom is -0.394 e. The molecule has 5 atom stereocenters. The summed E-state index contributed by atoms with van der Waals surface area (Å²) >= 11 is 13.5. The van der Waals surface area contributed by atoms with Crippen LogP contribution in [0.2, 0.25) is 10.0 Å². The van der Waals surface area contributed by atoms with Gasteiger partial charge in [0.25, 0.3) is 5.95 Å². The molecule has 14 heteroatoms. The maximum absolute atomic E-state index is 13.3. The van der Waals surface area contributed by atoms with Gasteiger partial charge in [-0.05, 0) is 18.2 Å². The van der Waals surface area contributed by atoms with Gasteiger partial charge in [0.05, 0.1) is 22.8 Å². The minimum atomic E-state index is -1.34. The van der Waals surface area contributed by atoms with Crippen LogP contribution in [0.3, 0.4) is 0 Å². The van der Waals surface area contributed by atoms with E-state index in [0.29, 0.717) is 26.3 Å². The zero-order chi connectivity index (χ0) is 22.3. The van der Waals surface area contributed by atoms with Gasteiger partial charge in [0.2, 0.25) is 5.13 Å². The fourth-order valence-electron chi connectivity index (χ4n) is 3.07. The summed E-state index contributed by atoms with van der Waals surface area (Å²) in [6.07, 6.45) is -2.37. The second kappa shape index (κ2) is 9.24. The van der Waals surface area contributed by atoms with Crippen LogP contribution in [-0.2, 0) is 4.74 Å². The summed E-state index contributed by atoms with van der Waals surface area (Å²) in [5, 5.41) is 38.4. The van der Waals surface area contributed by atoms with Crippen molar-refractivity contribution in [1.82, 2.24) is 20.0 Å². The molecule has 0 bridgehead atoms. The normalized spacial score (nSPS) is 26.4. The summed E-state index contributed by atoms with van der Waals surface area (Å²) in [6, 6.07) is 3.80. The number of thioether (sulfide) groups is 1. The first-order chi connectivity index (χ1) is 14.8. The summed E-state index contributed by atoms with van der Waals surface area (Å²) in [6.45, 7) is -0.521. The molecule has 8 nitrogen and oxygen atoms in total. The van der Waals surface area contributed by atoms with E-state index in [1.807, 2.05) is 0 Å². The molecule has 1 fully saturated rings. The van der Waals surface area contributed by atoms with Crippen molar-refractivity contribution in [3.8, 4) is 10.7 Å². The number of rotatable bonds is 5. The molecule has 1 aliphatic heterocycles. The Bertz CT molecular complexity index is 1070. The summed E-state index contributed by atoms with van der Waals surface area (Å²) in [5.41, 5.74) is -0.849. The minimum absolute atomic E-state index is 0.0438. The van der Waals surface area contributed by atoms with Gasteiger partial charge in [0, 0.05) is 4.90 Å². The van der Waals surface area contributed by atoms with Crippen molar-refractivity contribution in [2.24, 2.45) is 0 Å². The molecular formula is C17H14Cl2F2N4O4S2. The molecule has 3 unspecified atom stereocenters. The molecule has 31 heavy (non-hydrogen) atoms. The number of nitrogens with zero attached hydrogens (tertiary/aromatic N) is 4. The Hall–Kier alpha value is -1.38. The van der Waals surface area contributed by atoms with Crippen LogP contribution in [-0.4, -0.2) is 65.7 Å². The maximum atomic E-state index is 13.3. The number of aliphatic hydroxyl groups excluding tert-OH is 3. The number of halogens is 4. The monoisotopic (exact) mass is 510 g/mol. The number of benzene rings is 1. The molecule has 3 heterocycles. The summed E-state index contributed by atoms with van der Waals surface area (Å²) in [5.74, 6) is -1.25. The average molecular weight is 511 g/mol. The Morgan fingerprint density at radius 3 is 2.61 bits per heavy atom. The van der Waals surface area contributed by atoms with Crippen molar-refractivity contribution in [3.63, 3.8) is 0 Å². The van der Waals surface area contributed by atoms with Crippen molar-refractivity contribution in [1.29, 1.82) is 0 Å². The highest BCUT2D eigenvalue weighted by atomic mass is 35.5. The molecular weight excluding hydrogens is 497 g/mol. The van der Waals surface area contributed by atoms with Gasteiger partial charge < -0.3 is 20.1 Å². The quantitative estimate of drug-likeness (QED) is 0.480. The molecule has 0 spiro atoms. The molecule has 1 aliphatic rings. The van der Waals surface area contributed by atoms with Crippen molar-refractivity contribution in [2.75, 3.05) is 6.61 Å². The zero-order valence-corrected chi connectivity index (χ0v) is 18.4. The molecule has 3 N–H and O–H groups in total. The van der Waals surface area contributed by atoms with E-state index in [9.17, 15) is 24.1 Å². The second-order valence-electron chi connectivity index (χ2n) is 6.56. The zero-order valence-electron chi connectivity index (χ0n) is 15.3. The van der Waals surface area contributed by atoms with Gasteiger partial charge in [-0.25, -0.2) is 9.67 Å². The Morgan fingerprint density at radius 2 is 1.97 bits per heavy atom. The van der Waals surface area contributed by atoms with Gasteiger partial charge in [-0.2, -0.15) is 8.78 Å². The number of ether oxygens (including phenoxy) is 1. The molecule has 1 aromatic carbocycles. The van der Waals surface area contributed by atoms with Gasteiger partial charge >= 0.3 is 0 Å². The average Bonchev–Trinajstić information content (AvgIpc) is 3.34. The van der Waals surface area contributed by atoms with E-state index >= 15 is 0 Å². The van der Waals surface area contributed by atoms with Crippen LogP contribution in [0.25, 0.3) is 10.7 Å². The van der Waals surface area contributed by atoms with Crippen LogP contribution in [0.15, 0.2) is 29.3 Å². The lowest BCUT2D eigenvalue weighted by Gasteiger charge is -2.41. The molecule has 1 saturated heterocycles. The Balaban J connectivity index is 1.61. The third-order valence-corrected chi connectivity index (χ3v) is 7.30. The molecule has 3 aromatic rings. The van der Waals surface area contributed by atoms with Crippen LogP contribution in [0.1, 0.15) is 6.04 Å². The SMILES string of the molecule is OCC1O[C@H](Sc2ccc(Cl)c(Cl)c2)C(O)C(n2cc(-c3nc(F)c(F)s3)nn2)[C@H]1O. The van der Waals surface area contributed by atoms with Gasteiger partial charge in [0.15, 0.2) is 5.01 Å². The maximum Gasteiger partial charge on any atom is 0.260 e. The summed E-state index contributed by atoms with van der Waals surface area (Å²) < 4.78 is 33.4. The molecule has 2 aromatic heterocycles. The van der Waals surface area contributed by atoms with E-state index in [4.69, 9.17) is 27.9 Å². The predicted molar refractivity (Wildman–Crippen MR) is 110 cm³/mol. The Labute approximate surface area is 192 Å². The van der Waals surface area contributed by atoms with Crippen molar-refractivity contribution >= 4 is 46.3 Å². The van der Waals surface area contributed by atoms with Gasteiger partial charge in [-0.3, -0.25) is 0 Å². The van der Waals surface area contributed by atoms with Gasteiger partial charge in [0.1, 0.15) is 35.5 Å². The largest absolute Gasteiger partial charge is 0.394 e. The van der Waals surface area contributed by atoms with E-state index < -0.39 is 47.5 Å². The summed E-state index contributed by atoms with van der Waals surface area (Å²) in [7, 11) is 0. The molecule has 0 aliphatic carbocycles. The fraction of sp³-hybridized carbons (Fsp3) is 0.353. The lowest BCUT2D eigenvalue weighted by atomic mass is 9.97. The third-order valence-electron chi connectivity index (χ3n) is 4.57. The predicted octanol–water partition coefficient (Wildman–Crippen LogP) is 2.76. The second-order valence-corrected chi connectivity index (χ2v) is 9.49. The summed E-state index contributed by atoms with van der Waals surface area (Å²) in [4.78, 5) is 4.08. The van der Waals surface area contributed by atoms with Crippen molar-refractivity contribution in [3.05, 3.63) is 45.5 Å². The molecule has 0 radical (unpaired) electrons. The smallest absolute Gasteiger partial charge is 0.260 e. The van der Waals surface area contributed by atoms with Gasteiger partial charge in [-0.15, -0.1) is 5.10 Å². The first-order valence-corrected chi connectivity index (χ1v) is 11.2. The van der Waals surface area contributed by atoms with E-state index in [0.717, 1.165) is 16.4 Å². The van der Waals surface area contributed by atoms with Crippen LogP contribution in [0.5, 0.6) is 0 Å². The van der Waals surface area contributed by atoms with E-state index in [1.54, 1.807) is 18.2 Å². The topological polar surface area (TPSA) is 114 Å². The molecule has 4 rings (SSSR count). The van der Waals surface area contributed by atoms with E-state index in [1.165, 1.54) is 6.20 Å². The number of aliphatic hydroxyl groups is 3. The first kappa shape index (κ1) is 22.8. The van der Waals surface area contributed by atoms with Crippen LogP contribution < -0.4 is 0 Å². The molecule has 0 saturated carbocycles. The highest BCUT2D eigenvalue weighted by Crippen LogP contribution is 2.39. The molecule has 0 amide bonds. The lowest BCUT2D eigenvalue weighted by Crippen LogP contribution is -2.55. The van der Waals surface area contributed by atoms with Crippen molar-refractivity contribution in [2.45, 2.75) is 34.7 Å². The Morgan fingerprint density at radius 1 is 1.19 bits per heavy atom.